The summed E-state index contributed by atoms with van der Waals surface area (Å²) in [5.41, 5.74) is 0.708. The van der Waals surface area contributed by atoms with Crippen LogP contribution in [0.1, 0.15) is 23.1 Å². The van der Waals surface area contributed by atoms with Gasteiger partial charge in [-0.25, -0.2) is 4.79 Å². The topological polar surface area (TPSA) is 26.3 Å². The lowest BCUT2D eigenvalue weighted by Crippen LogP contribution is -2.05. The number of hydrogen-bond donors (Lipinski definition) is 0. The fourth-order valence-corrected chi connectivity index (χ4v) is 2.12. The standard InChI is InChI=1S/C19H17F3O2/c20-19(21,22)17-10-4-8-16(14-17)11-12-18(23)24-13-5-9-15-6-2-1-3-7-15/h1-4,6-8,10-12,14H,5,9,13H2/b12-11+. The SMILES string of the molecule is O=C(/C=C/c1cccc(C(F)(F)F)c1)OCCCc1ccccc1. The van der Waals surface area contributed by atoms with Crippen molar-refractivity contribution in [2.24, 2.45) is 0 Å². The molecule has 0 heterocycles. The molecular formula is C19H17F3O2. The van der Waals surface area contributed by atoms with E-state index in [2.05, 4.69) is 0 Å². The van der Waals surface area contributed by atoms with Gasteiger partial charge in [0.15, 0.2) is 0 Å². The Bertz CT molecular complexity index is 691. The summed E-state index contributed by atoms with van der Waals surface area (Å²) in [4.78, 5) is 11.6. The summed E-state index contributed by atoms with van der Waals surface area (Å²) in [7, 11) is 0. The van der Waals surface area contributed by atoms with Gasteiger partial charge >= 0.3 is 12.1 Å². The van der Waals surface area contributed by atoms with Crippen LogP contribution in [-0.4, -0.2) is 12.6 Å². The number of esters is 1. The predicted octanol–water partition coefficient (Wildman–Crippen LogP) is 4.89. The molecule has 0 spiro atoms. The van der Waals surface area contributed by atoms with Crippen LogP contribution in [0, 0.1) is 0 Å². The number of ether oxygens (including phenoxy) is 1. The summed E-state index contributed by atoms with van der Waals surface area (Å²) in [6.07, 6.45) is -0.465. The summed E-state index contributed by atoms with van der Waals surface area (Å²) in [5, 5.41) is 0. The molecule has 0 aliphatic carbocycles. The molecule has 0 saturated carbocycles. The molecule has 2 nitrogen and oxygen atoms in total. The van der Waals surface area contributed by atoms with Gasteiger partial charge in [0, 0.05) is 6.08 Å². The number of benzene rings is 2. The van der Waals surface area contributed by atoms with Gasteiger partial charge in [-0.3, -0.25) is 0 Å². The summed E-state index contributed by atoms with van der Waals surface area (Å²) < 4.78 is 42.8. The highest BCUT2D eigenvalue weighted by Crippen LogP contribution is 2.29. The average Bonchev–Trinajstić information content (AvgIpc) is 2.57. The van der Waals surface area contributed by atoms with Gasteiger partial charge in [-0.15, -0.1) is 0 Å². The summed E-state index contributed by atoms with van der Waals surface area (Å²) >= 11 is 0. The van der Waals surface area contributed by atoms with Crippen LogP contribution in [-0.2, 0) is 22.1 Å². The second-order valence-corrected chi connectivity index (χ2v) is 5.21. The van der Waals surface area contributed by atoms with E-state index in [4.69, 9.17) is 4.74 Å². The molecule has 126 valence electrons. The molecule has 0 atom stereocenters. The Morgan fingerprint density at radius 2 is 1.79 bits per heavy atom. The van der Waals surface area contributed by atoms with Crippen LogP contribution in [0.3, 0.4) is 0 Å². The molecule has 0 unspecified atom stereocenters. The van der Waals surface area contributed by atoms with Crippen LogP contribution in [0.5, 0.6) is 0 Å². The van der Waals surface area contributed by atoms with E-state index in [1.807, 2.05) is 30.3 Å². The molecule has 0 N–H and O–H groups in total. The molecule has 2 rings (SSSR count). The zero-order valence-corrected chi connectivity index (χ0v) is 12.9. The highest BCUT2D eigenvalue weighted by Gasteiger charge is 2.30. The van der Waals surface area contributed by atoms with Crippen molar-refractivity contribution in [1.82, 2.24) is 0 Å². The summed E-state index contributed by atoms with van der Waals surface area (Å²) in [6.45, 7) is 0.265. The van der Waals surface area contributed by atoms with Crippen molar-refractivity contribution < 1.29 is 22.7 Å². The van der Waals surface area contributed by atoms with Crippen LogP contribution in [0.2, 0.25) is 0 Å². The van der Waals surface area contributed by atoms with Gasteiger partial charge in [0.2, 0.25) is 0 Å². The first-order valence-electron chi connectivity index (χ1n) is 7.51. The Morgan fingerprint density at radius 3 is 2.50 bits per heavy atom. The lowest BCUT2D eigenvalue weighted by molar-refractivity contribution is -0.138. The monoisotopic (exact) mass is 334 g/mol. The van der Waals surface area contributed by atoms with E-state index < -0.39 is 17.7 Å². The minimum atomic E-state index is -4.40. The maximum absolute atomic E-state index is 12.6. The number of halogens is 3. The molecule has 2 aromatic carbocycles. The first-order valence-corrected chi connectivity index (χ1v) is 7.51. The molecule has 0 saturated heterocycles. The number of carbonyl (C=O) groups is 1. The highest BCUT2D eigenvalue weighted by atomic mass is 19.4. The quantitative estimate of drug-likeness (QED) is 0.427. The molecule has 0 aromatic heterocycles. The lowest BCUT2D eigenvalue weighted by Gasteiger charge is -2.06. The van der Waals surface area contributed by atoms with Crippen LogP contribution in [0.15, 0.2) is 60.7 Å². The maximum atomic E-state index is 12.6. The van der Waals surface area contributed by atoms with Crippen LogP contribution < -0.4 is 0 Å². The van der Waals surface area contributed by atoms with Crippen LogP contribution >= 0.6 is 0 Å². The molecule has 0 aliphatic rings. The third kappa shape index (κ3) is 5.91. The lowest BCUT2D eigenvalue weighted by atomic mass is 10.1. The Balaban J connectivity index is 1.79. The Kier molecular flexibility index (Phi) is 6.18. The number of alkyl halides is 3. The fraction of sp³-hybridized carbons (Fsp3) is 0.211. The minimum absolute atomic E-state index is 0.265. The van der Waals surface area contributed by atoms with Crippen molar-refractivity contribution in [3.63, 3.8) is 0 Å². The van der Waals surface area contributed by atoms with Gasteiger partial charge in [-0.2, -0.15) is 13.2 Å². The van der Waals surface area contributed by atoms with E-state index in [1.165, 1.54) is 18.2 Å². The predicted molar refractivity (Wildman–Crippen MR) is 86.2 cm³/mol. The van der Waals surface area contributed by atoms with Crippen molar-refractivity contribution in [2.75, 3.05) is 6.61 Å². The normalized spacial score (nSPS) is 11.6. The van der Waals surface area contributed by atoms with Crippen molar-refractivity contribution >= 4 is 12.0 Å². The first kappa shape index (κ1) is 17.8. The second-order valence-electron chi connectivity index (χ2n) is 5.21. The van der Waals surface area contributed by atoms with Gasteiger partial charge in [-0.05, 0) is 42.2 Å². The maximum Gasteiger partial charge on any atom is 0.416 e. The van der Waals surface area contributed by atoms with E-state index in [9.17, 15) is 18.0 Å². The smallest absolute Gasteiger partial charge is 0.416 e. The van der Waals surface area contributed by atoms with E-state index in [1.54, 1.807) is 0 Å². The Labute approximate surface area is 138 Å². The molecule has 0 bridgehead atoms. The zero-order valence-electron chi connectivity index (χ0n) is 12.9. The second kappa shape index (κ2) is 8.34. The first-order chi connectivity index (χ1) is 11.4. The van der Waals surface area contributed by atoms with Crippen molar-refractivity contribution in [3.05, 3.63) is 77.4 Å². The molecule has 0 radical (unpaired) electrons. The van der Waals surface area contributed by atoms with E-state index in [-0.39, 0.29) is 6.61 Å². The zero-order chi connectivity index (χ0) is 17.4. The summed E-state index contributed by atoms with van der Waals surface area (Å²) in [5.74, 6) is -0.569. The van der Waals surface area contributed by atoms with Crippen molar-refractivity contribution in [2.45, 2.75) is 19.0 Å². The van der Waals surface area contributed by atoms with Gasteiger partial charge in [0.05, 0.1) is 12.2 Å². The summed E-state index contributed by atoms with van der Waals surface area (Å²) in [6, 6.07) is 14.6. The third-order valence-corrected chi connectivity index (χ3v) is 3.32. The number of rotatable bonds is 6. The number of carbonyl (C=O) groups excluding carboxylic acids is 1. The molecule has 0 aliphatic heterocycles. The van der Waals surface area contributed by atoms with E-state index in [0.717, 1.165) is 30.2 Å². The Morgan fingerprint density at radius 1 is 1.04 bits per heavy atom. The third-order valence-electron chi connectivity index (χ3n) is 3.32. The molecular weight excluding hydrogens is 317 g/mol. The van der Waals surface area contributed by atoms with Gasteiger partial charge in [0.1, 0.15) is 0 Å². The average molecular weight is 334 g/mol. The molecule has 0 amide bonds. The molecule has 2 aromatic rings. The molecule has 0 fully saturated rings. The van der Waals surface area contributed by atoms with Crippen LogP contribution in [0.4, 0.5) is 13.2 Å². The van der Waals surface area contributed by atoms with E-state index in [0.29, 0.717) is 12.0 Å². The highest BCUT2D eigenvalue weighted by molar-refractivity contribution is 5.87. The van der Waals surface area contributed by atoms with Crippen molar-refractivity contribution in [3.8, 4) is 0 Å². The largest absolute Gasteiger partial charge is 0.463 e. The Hall–Kier alpha value is -2.56. The number of hydrogen-bond acceptors (Lipinski definition) is 2. The van der Waals surface area contributed by atoms with Gasteiger partial charge in [-0.1, -0.05) is 42.5 Å². The van der Waals surface area contributed by atoms with Crippen LogP contribution in [0.25, 0.3) is 6.08 Å². The molecule has 24 heavy (non-hydrogen) atoms. The fourth-order valence-electron chi connectivity index (χ4n) is 2.12. The van der Waals surface area contributed by atoms with E-state index >= 15 is 0 Å². The number of aryl methyl sites for hydroxylation is 1. The van der Waals surface area contributed by atoms with Gasteiger partial charge < -0.3 is 4.74 Å². The molecule has 5 heteroatoms. The van der Waals surface area contributed by atoms with Gasteiger partial charge in [0.25, 0.3) is 0 Å². The van der Waals surface area contributed by atoms with Crippen molar-refractivity contribution in [1.29, 1.82) is 0 Å². The minimum Gasteiger partial charge on any atom is -0.463 e.